The minimum atomic E-state index is -0.901. The number of thiophene rings is 1. The van der Waals surface area contributed by atoms with E-state index < -0.39 is 11.9 Å². The number of ether oxygens (including phenoxy) is 1. The van der Waals surface area contributed by atoms with Crippen molar-refractivity contribution in [1.29, 1.82) is 0 Å². The number of pyridine rings is 1. The number of carboxylic acids is 1. The van der Waals surface area contributed by atoms with Crippen LogP contribution in [0.1, 0.15) is 92.6 Å². The zero-order valence-electron chi connectivity index (χ0n) is 21.5. The molecule has 0 unspecified atom stereocenters. The zero-order chi connectivity index (χ0) is 25.8. The molecular weight excluding hydrogens is 473 g/mol. The lowest BCUT2D eigenvalue weighted by Crippen LogP contribution is -2.01. The quantitative estimate of drug-likeness (QED) is 0.154. The van der Waals surface area contributed by atoms with Crippen molar-refractivity contribution >= 4 is 17.3 Å². The normalized spacial score (nSPS) is 11.1. The second-order valence-corrected chi connectivity index (χ2v) is 10.4. The molecule has 0 aliphatic carbocycles. The molecule has 1 aromatic carbocycles. The number of aryl methyl sites for hydroxylation is 1. The van der Waals surface area contributed by atoms with Crippen LogP contribution < -0.4 is 4.74 Å². The van der Waals surface area contributed by atoms with E-state index in [1.807, 2.05) is 30.3 Å². The Morgan fingerprint density at radius 3 is 2.19 bits per heavy atom. The Morgan fingerprint density at radius 1 is 0.889 bits per heavy atom. The van der Waals surface area contributed by atoms with Gasteiger partial charge in [-0.2, -0.15) is 4.39 Å². The van der Waals surface area contributed by atoms with Gasteiger partial charge in [-0.25, -0.2) is 9.78 Å². The lowest BCUT2D eigenvalue weighted by molar-refractivity contribution is 0.0703. The van der Waals surface area contributed by atoms with Crippen LogP contribution in [0.25, 0.3) is 22.4 Å². The SMILES string of the molecule is CCCCCCCCc1cc(-c2ccc(-c3ccc(OCCCCCC)c(F)n3)cc2)c(C(=O)O)s1. The molecule has 0 amide bonds. The summed E-state index contributed by atoms with van der Waals surface area (Å²) >= 11 is 1.37. The van der Waals surface area contributed by atoms with E-state index in [-0.39, 0.29) is 5.75 Å². The molecule has 0 aliphatic rings. The van der Waals surface area contributed by atoms with Crippen molar-refractivity contribution in [3.63, 3.8) is 0 Å². The third-order valence-corrected chi connectivity index (χ3v) is 7.50. The van der Waals surface area contributed by atoms with Crippen molar-refractivity contribution < 1.29 is 19.0 Å². The summed E-state index contributed by atoms with van der Waals surface area (Å²) in [6.45, 7) is 4.85. The molecule has 0 spiro atoms. The lowest BCUT2D eigenvalue weighted by atomic mass is 10.0. The van der Waals surface area contributed by atoms with Gasteiger partial charge in [-0.1, -0.05) is 89.5 Å². The van der Waals surface area contributed by atoms with Crippen LogP contribution in [0.2, 0.25) is 0 Å². The second-order valence-electron chi connectivity index (χ2n) is 9.25. The van der Waals surface area contributed by atoms with Crippen LogP contribution in [0.4, 0.5) is 4.39 Å². The highest BCUT2D eigenvalue weighted by atomic mass is 32.1. The van der Waals surface area contributed by atoms with Gasteiger partial charge < -0.3 is 9.84 Å². The van der Waals surface area contributed by atoms with Gasteiger partial charge in [-0.15, -0.1) is 11.3 Å². The van der Waals surface area contributed by atoms with E-state index in [9.17, 15) is 14.3 Å². The van der Waals surface area contributed by atoms with Crippen molar-refractivity contribution in [3.05, 3.63) is 58.2 Å². The third kappa shape index (κ3) is 8.16. The molecule has 0 atom stereocenters. The van der Waals surface area contributed by atoms with Gasteiger partial charge in [0.2, 0.25) is 0 Å². The summed E-state index contributed by atoms with van der Waals surface area (Å²) < 4.78 is 20.0. The number of benzene rings is 1. The Hall–Kier alpha value is -2.73. The monoisotopic (exact) mass is 511 g/mol. The van der Waals surface area contributed by atoms with Crippen LogP contribution in [0, 0.1) is 5.95 Å². The topological polar surface area (TPSA) is 59.4 Å². The lowest BCUT2D eigenvalue weighted by Gasteiger charge is -2.09. The molecule has 2 heterocycles. The van der Waals surface area contributed by atoms with Gasteiger partial charge in [0.15, 0.2) is 5.75 Å². The Labute approximate surface area is 218 Å². The zero-order valence-corrected chi connectivity index (χ0v) is 22.3. The molecule has 3 aromatic rings. The molecule has 194 valence electrons. The van der Waals surface area contributed by atoms with Crippen LogP contribution >= 0.6 is 11.3 Å². The Bertz CT molecular complexity index is 1090. The highest BCUT2D eigenvalue weighted by Crippen LogP contribution is 2.34. The predicted molar refractivity (Wildman–Crippen MR) is 147 cm³/mol. The van der Waals surface area contributed by atoms with Gasteiger partial charge in [0.05, 0.1) is 12.3 Å². The van der Waals surface area contributed by atoms with E-state index in [2.05, 4.69) is 18.8 Å². The molecule has 2 aromatic heterocycles. The maximum absolute atomic E-state index is 14.5. The molecule has 3 rings (SSSR count). The first kappa shape index (κ1) is 27.9. The van der Waals surface area contributed by atoms with Crippen LogP contribution in [-0.2, 0) is 6.42 Å². The van der Waals surface area contributed by atoms with E-state index in [1.165, 1.54) is 43.4 Å². The molecule has 1 N–H and O–H groups in total. The molecule has 36 heavy (non-hydrogen) atoms. The molecule has 0 aliphatic heterocycles. The molecule has 6 heteroatoms. The molecule has 4 nitrogen and oxygen atoms in total. The van der Waals surface area contributed by atoms with E-state index >= 15 is 0 Å². The van der Waals surface area contributed by atoms with Gasteiger partial charge >= 0.3 is 5.97 Å². The Morgan fingerprint density at radius 2 is 1.53 bits per heavy atom. The summed E-state index contributed by atoms with van der Waals surface area (Å²) in [5, 5.41) is 9.75. The van der Waals surface area contributed by atoms with Crippen LogP contribution in [0.15, 0.2) is 42.5 Å². The first-order chi connectivity index (χ1) is 17.5. The summed E-state index contributed by atoms with van der Waals surface area (Å²) in [5.74, 6) is -1.34. The maximum atomic E-state index is 14.5. The second kappa shape index (κ2) is 14.7. The summed E-state index contributed by atoms with van der Waals surface area (Å²) in [7, 11) is 0. The number of nitrogens with zero attached hydrogens (tertiary/aromatic N) is 1. The van der Waals surface area contributed by atoms with E-state index in [4.69, 9.17) is 4.74 Å². The highest BCUT2D eigenvalue weighted by molar-refractivity contribution is 7.14. The Kier molecular flexibility index (Phi) is 11.4. The third-order valence-electron chi connectivity index (χ3n) is 6.32. The largest absolute Gasteiger partial charge is 0.489 e. The molecule has 0 radical (unpaired) electrons. The minimum Gasteiger partial charge on any atom is -0.489 e. The number of carbonyl (C=O) groups is 1. The average Bonchev–Trinajstić information content (AvgIpc) is 3.31. The average molecular weight is 512 g/mol. The molecule has 0 bridgehead atoms. The molecule has 0 saturated heterocycles. The minimum absolute atomic E-state index is 0.175. The predicted octanol–water partition coefficient (Wildman–Crippen LogP) is 9.18. The van der Waals surface area contributed by atoms with Crippen LogP contribution in [0.3, 0.4) is 0 Å². The van der Waals surface area contributed by atoms with Crippen molar-refractivity contribution in [2.45, 2.75) is 84.5 Å². The standard InChI is InChI=1S/C30H38FNO3S/c1-3-5-7-9-10-11-13-24-21-25(28(36-24)30(33)34)22-14-16-23(17-15-22)26-18-19-27(29(31)32-26)35-20-12-8-6-4-2/h14-19,21H,3-13,20H2,1-2H3,(H,33,34). The van der Waals surface area contributed by atoms with Gasteiger partial charge in [0.25, 0.3) is 5.95 Å². The van der Waals surface area contributed by atoms with Crippen molar-refractivity contribution in [2.75, 3.05) is 6.61 Å². The summed E-state index contributed by atoms with van der Waals surface area (Å²) in [4.78, 5) is 17.5. The van der Waals surface area contributed by atoms with E-state index in [1.54, 1.807) is 12.1 Å². The van der Waals surface area contributed by atoms with Crippen molar-refractivity contribution in [1.82, 2.24) is 4.98 Å². The molecular formula is C30H38FNO3S. The van der Waals surface area contributed by atoms with E-state index in [0.29, 0.717) is 17.2 Å². The summed E-state index contributed by atoms with van der Waals surface area (Å²) in [5.41, 5.74) is 2.87. The number of rotatable bonds is 16. The first-order valence-electron chi connectivity index (χ1n) is 13.3. The smallest absolute Gasteiger partial charge is 0.346 e. The number of halogens is 1. The Balaban J connectivity index is 1.65. The van der Waals surface area contributed by atoms with Gasteiger partial charge in [-0.3, -0.25) is 0 Å². The fourth-order valence-corrected chi connectivity index (χ4v) is 5.30. The van der Waals surface area contributed by atoms with Gasteiger partial charge in [-0.05, 0) is 43.0 Å². The number of carboxylic acid groups (broad SMARTS) is 1. The van der Waals surface area contributed by atoms with Crippen LogP contribution in [0.5, 0.6) is 5.75 Å². The number of hydrogen-bond donors (Lipinski definition) is 1. The summed E-state index contributed by atoms with van der Waals surface area (Å²) in [6.07, 6.45) is 12.5. The van der Waals surface area contributed by atoms with Gasteiger partial charge in [0.1, 0.15) is 4.88 Å². The first-order valence-corrected chi connectivity index (χ1v) is 14.1. The number of aromatic carboxylic acids is 1. The van der Waals surface area contributed by atoms with Crippen molar-refractivity contribution in [2.24, 2.45) is 0 Å². The fourth-order valence-electron chi connectivity index (χ4n) is 4.24. The molecule has 0 fully saturated rings. The number of unbranched alkanes of at least 4 members (excludes halogenated alkanes) is 8. The van der Waals surface area contributed by atoms with Gasteiger partial charge in [0, 0.05) is 16.0 Å². The van der Waals surface area contributed by atoms with E-state index in [0.717, 1.165) is 60.1 Å². The summed E-state index contributed by atoms with van der Waals surface area (Å²) in [6, 6.07) is 12.9. The fraction of sp³-hybridized carbons (Fsp3) is 0.467. The maximum Gasteiger partial charge on any atom is 0.346 e. The number of aromatic nitrogens is 1. The molecule has 0 saturated carbocycles. The highest BCUT2D eigenvalue weighted by Gasteiger charge is 2.17. The van der Waals surface area contributed by atoms with Crippen LogP contribution in [-0.4, -0.2) is 22.7 Å². The van der Waals surface area contributed by atoms with Crippen molar-refractivity contribution in [3.8, 4) is 28.1 Å². The number of hydrogen-bond acceptors (Lipinski definition) is 4.